The molecule has 0 aliphatic carbocycles. The van der Waals surface area contributed by atoms with Gasteiger partial charge in [-0.05, 0) is 19.1 Å². The van der Waals surface area contributed by atoms with E-state index in [9.17, 15) is 8.78 Å². The van der Waals surface area contributed by atoms with Gasteiger partial charge in [0.1, 0.15) is 17.2 Å². The third kappa shape index (κ3) is 3.66. The molecule has 3 aromatic rings. The Kier molecular flexibility index (Phi) is 4.57. The molecule has 27 heavy (non-hydrogen) atoms. The quantitative estimate of drug-likeness (QED) is 0.764. The van der Waals surface area contributed by atoms with Crippen molar-refractivity contribution < 1.29 is 8.78 Å². The molecule has 3 heterocycles. The second kappa shape index (κ2) is 7.03. The molecule has 1 aliphatic rings. The number of nitrogen functional groups attached to an aromatic ring is 1. The molecule has 0 radical (unpaired) electrons. The fraction of sp³-hybridized carbons (Fsp3) is 0.316. The van der Waals surface area contributed by atoms with E-state index in [1.165, 1.54) is 12.1 Å². The summed E-state index contributed by atoms with van der Waals surface area (Å²) in [4.78, 5) is 17.5. The molecule has 0 atom stereocenters. The molecule has 1 aliphatic heterocycles. The first-order chi connectivity index (χ1) is 13.0. The molecule has 1 saturated heterocycles. The van der Waals surface area contributed by atoms with Crippen LogP contribution in [0.2, 0.25) is 0 Å². The summed E-state index contributed by atoms with van der Waals surface area (Å²) in [6.45, 7) is 5.22. The van der Waals surface area contributed by atoms with Crippen LogP contribution < -0.4 is 10.6 Å². The molecule has 6 nitrogen and oxygen atoms in total. The Morgan fingerprint density at radius 1 is 1.04 bits per heavy atom. The normalized spacial score (nSPS) is 15.4. The molecule has 8 heteroatoms. The third-order valence-electron chi connectivity index (χ3n) is 4.78. The van der Waals surface area contributed by atoms with Crippen LogP contribution in [0.4, 0.5) is 20.4 Å². The lowest BCUT2D eigenvalue weighted by Gasteiger charge is -2.35. The van der Waals surface area contributed by atoms with Crippen LogP contribution in [0, 0.1) is 18.6 Å². The van der Waals surface area contributed by atoms with Crippen molar-refractivity contribution in [3.8, 4) is 0 Å². The Hall–Kier alpha value is -2.87. The highest BCUT2D eigenvalue weighted by Gasteiger charge is 2.22. The van der Waals surface area contributed by atoms with E-state index in [0.717, 1.165) is 30.4 Å². The fourth-order valence-electron chi connectivity index (χ4n) is 3.31. The number of pyridine rings is 1. The standard InChI is InChI=1S/C19H20F2N6/c1-12-8-16-17(10-23-12)24-18(22)19(25-16)27-6-4-26(5-7-27)11-13-2-3-14(20)9-15(13)21/h2-3,8-10H,4-7,11H2,1H3,(H2,22,24). The lowest BCUT2D eigenvalue weighted by atomic mass is 10.1. The van der Waals surface area contributed by atoms with Gasteiger partial charge in [-0.3, -0.25) is 9.88 Å². The van der Waals surface area contributed by atoms with Gasteiger partial charge in [-0.2, -0.15) is 0 Å². The van der Waals surface area contributed by atoms with Gasteiger partial charge in [0.05, 0.1) is 11.7 Å². The van der Waals surface area contributed by atoms with Gasteiger partial charge in [0.25, 0.3) is 0 Å². The molecule has 4 rings (SSSR count). The second-order valence-corrected chi connectivity index (χ2v) is 6.75. The van der Waals surface area contributed by atoms with Crippen LogP contribution in [0.25, 0.3) is 11.0 Å². The first-order valence-corrected chi connectivity index (χ1v) is 8.81. The summed E-state index contributed by atoms with van der Waals surface area (Å²) >= 11 is 0. The van der Waals surface area contributed by atoms with Crippen molar-refractivity contribution >= 4 is 22.7 Å². The summed E-state index contributed by atoms with van der Waals surface area (Å²) in [6.07, 6.45) is 1.67. The number of rotatable bonds is 3. The van der Waals surface area contributed by atoms with E-state index in [1.807, 2.05) is 13.0 Å². The summed E-state index contributed by atoms with van der Waals surface area (Å²) in [6, 6.07) is 5.60. The molecule has 0 bridgehead atoms. The smallest absolute Gasteiger partial charge is 0.172 e. The molecule has 2 aromatic heterocycles. The van der Waals surface area contributed by atoms with E-state index in [1.54, 1.807) is 6.20 Å². The minimum absolute atomic E-state index is 0.381. The average Bonchev–Trinajstić information content (AvgIpc) is 2.64. The summed E-state index contributed by atoms with van der Waals surface area (Å²) in [5, 5.41) is 0. The number of fused-ring (bicyclic) bond motifs is 1. The maximum atomic E-state index is 13.9. The van der Waals surface area contributed by atoms with E-state index < -0.39 is 11.6 Å². The van der Waals surface area contributed by atoms with Crippen molar-refractivity contribution in [3.05, 3.63) is 53.4 Å². The molecule has 140 valence electrons. The topological polar surface area (TPSA) is 71.2 Å². The zero-order valence-corrected chi connectivity index (χ0v) is 15.0. The molecular formula is C19H20F2N6. The number of hydrogen-bond acceptors (Lipinski definition) is 6. The highest BCUT2D eigenvalue weighted by atomic mass is 19.1. The van der Waals surface area contributed by atoms with Gasteiger partial charge in [0.15, 0.2) is 11.6 Å². The zero-order valence-electron chi connectivity index (χ0n) is 15.0. The van der Waals surface area contributed by atoms with E-state index in [4.69, 9.17) is 5.73 Å². The van der Waals surface area contributed by atoms with Crippen LogP contribution in [0.15, 0.2) is 30.5 Å². The van der Waals surface area contributed by atoms with Gasteiger partial charge >= 0.3 is 0 Å². The largest absolute Gasteiger partial charge is 0.381 e. The van der Waals surface area contributed by atoms with Crippen LogP contribution in [-0.4, -0.2) is 46.0 Å². The second-order valence-electron chi connectivity index (χ2n) is 6.75. The summed E-state index contributed by atoms with van der Waals surface area (Å²) in [7, 11) is 0. The van der Waals surface area contributed by atoms with Gasteiger partial charge in [0, 0.05) is 50.0 Å². The number of piperazine rings is 1. The predicted molar refractivity (Wildman–Crippen MR) is 100 cm³/mol. The number of hydrogen-bond donors (Lipinski definition) is 1. The van der Waals surface area contributed by atoms with Crippen molar-refractivity contribution in [2.45, 2.75) is 13.5 Å². The highest BCUT2D eigenvalue weighted by molar-refractivity contribution is 5.79. The number of anilines is 2. The minimum Gasteiger partial charge on any atom is -0.381 e. The van der Waals surface area contributed by atoms with Crippen molar-refractivity contribution in [1.82, 2.24) is 19.9 Å². The molecule has 0 spiro atoms. The minimum atomic E-state index is -0.558. The van der Waals surface area contributed by atoms with E-state index >= 15 is 0 Å². The molecule has 2 N–H and O–H groups in total. The Morgan fingerprint density at radius 3 is 2.56 bits per heavy atom. The Labute approximate surface area is 155 Å². The average molecular weight is 370 g/mol. The number of aryl methyl sites for hydroxylation is 1. The van der Waals surface area contributed by atoms with Crippen molar-refractivity contribution in [1.29, 1.82) is 0 Å². The zero-order chi connectivity index (χ0) is 19.0. The fourth-order valence-corrected chi connectivity index (χ4v) is 3.31. The van der Waals surface area contributed by atoms with Gasteiger partial charge in [0.2, 0.25) is 0 Å². The van der Waals surface area contributed by atoms with Gasteiger partial charge in [-0.15, -0.1) is 0 Å². The van der Waals surface area contributed by atoms with Gasteiger partial charge in [-0.25, -0.2) is 18.7 Å². The van der Waals surface area contributed by atoms with Crippen molar-refractivity contribution in [3.63, 3.8) is 0 Å². The van der Waals surface area contributed by atoms with E-state index in [2.05, 4.69) is 24.8 Å². The predicted octanol–water partition coefficient (Wildman–Crippen LogP) is 2.52. The van der Waals surface area contributed by atoms with Crippen LogP contribution in [0.3, 0.4) is 0 Å². The number of benzene rings is 1. The number of halogens is 2. The van der Waals surface area contributed by atoms with Crippen LogP contribution in [0.5, 0.6) is 0 Å². The molecule has 0 saturated carbocycles. The monoisotopic (exact) mass is 370 g/mol. The molecule has 1 aromatic carbocycles. The maximum Gasteiger partial charge on any atom is 0.172 e. The number of aromatic nitrogens is 3. The van der Waals surface area contributed by atoms with E-state index in [0.29, 0.717) is 42.4 Å². The lowest BCUT2D eigenvalue weighted by Crippen LogP contribution is -2.46. The van der Waals surface area contributed by atoms with Crippen LogP contribution >= 0.6 is 0 Å². The molecule has 1 fully saturated rings. The summed E-state index contributed by atoms with van der Waals surface area (Å²) < 4.78 is 26.9. The van der Waals surface area contributed by atoms with Crippen LogP contribution in [-0.2, 0) is 6.54 Å². The molecule has 0 unspecified atom stereocenters. The van der Waals surface area contributed by atoms with Crippen molar-refractivity contribution in [2.75, 3.05) is 36.8 Å². The third-order valence-corrected chi connectivity index (χ3v) is 4.78. The maximum absolute atomic E-state index is 13.9. The van der Waals surface area contributed by atoms with Gasteiger partial charge < -0.3 is 10.6 Å². The van der Waals surface area contributed by atoms with E-state index in [-0.39, 0.29) is 0 Å². The first-order valence-electron chi connectivity index (χ1n) is 8.81. The summed E-state index contributed by atoms with van der Waals surface area (Å²) in [5.41, 5.74) is 8.92. The SMILES string of the molecule is Cc1cc2nc(N3CCN(Cc4ccc(F)cc4F)CC3)c(N)nc2cn1. The van der Waals surface area contributed by atoms with Crippen molar-refractivity contribution in [2.24, 2.45) is 0 Å². The number of nitrogens with two attached hydrogens (primary N) is 1. The summed E-state index contributed by atoms with van der Waals surface area (Å²) in [5.74, 6) is -0.0187. The van der Waals surface area contributed by atoms with Crippen LogP contribution in [0.1, 0.15) is 11.3 Å². The molecular weight excluding hydrogens is 350 g/mol. The Morgan fingerprint density at radius 2 is 1.81 bits per heavy atom. The first kappa shape index (κ1) is 17.5. The Bertz CT molecular complexity index is 985. The highest BCUT2D eigenvalue weighted by Crippen LogP contribution is 2.24. The lowest BCUT2D eigenvalue weighted by molar-refractivity contribution is 0.246. The number of nitrogens with zero attached hydrogens (tertiary/aromatic N) is 5. The van der Waals surface area contributed by atoms with Gasteiger partial charge in [-0.1, -0.05) is 6.07 Å². The molecule has 0 amide bonds. The Balaban J connectivity index is 1.47.